The number of amides is 1. The third-order valence-electron chi connectivity index (χ3n) is 4.90. The lowest BCUT2D eigenvalue weighted by atomic mass is 9.68. The predicted octanol–water partition coefficient (Wildman–Crippen LogP) is 5.00. The lowest BCUT2D eigenvalue weighted by Gasteiger charge is -2.36. The van der Waals surface area contributed by atoms with Crippen LogP contribution in [0.25, 0.3) is 0 Å². The number of nitrogens with one attached hydrogen (secondary N) is 1. The van der Waals surface area contributed by atoms with Gasteiger partial charge in [-0.3, -0.25) is 4.79 Å². The lowest BCUT2D eigenvalue weighted by Crippen LogP contribution is -2.45. The van der Waals surface area contributed by atoms with E-state index in [9.17, 15) is 9.18 Å². The topological polar surface area (TPSA) is 29.1 Å². The summed E-state index contributed by atoms with van der Waals surface area (Å²) >= 11 is 6.00. The molecule has 0 atom stereocenters. The summed E-state index contributed by atoms with van der Waals surface area (Å²) < 4.78 is 13.0. The highest BCUT2D eigenvalue weighted by molar-refractivity contribution is 6.30. The summed E-state index contributed by atoms with van der Waals surface area (Å²) in [5.74, 6) is -0.219. The van der Waals surface area contributed by atoms with E-state index in [0.29, 0.717) is 11.6 Å². The zero-order valence-electron chi connectivity index (χ0n) is 13.5. The van der Waals surface area contributed by atoms with Crippen LogP contribution in [0.15, 0.2) is 48.5 Å². The van der Waals surface area contributed by atoms with Crippen LogP contribution in [-0.4, -0.2) is 5.91 Å². The minimum atomic E-state index is -0.483. The van der Waals surface area contributed by atoms with Gasteiger partial charge < -0.3 is 5.32 Å². The van der Waals surface area contributed by atoms with E-state index in [4.69, 9.17) is 11.6 Å². The highest BCUT2D eigenvalue weighted by Gasteiger charge is 2.40. The van der Waals surface area contributed by atoms with Gasteiger partial charge in [-0.25, -0.2) is 4.39 Å². The molecule has 0 bridgehead atoms. The number of carbonyl (C=O) groups excluding carboxylic acids is 1. The summed E-state index contributed by atoms with van der Waals surface area (Å²) in [6, 6.07) is 13.8. The number of benzene rings is 2. The number of hydrogen-bond donors (Lipinski definition) is 1. The van der Waals surface area contributed by atoms with Gasteiger partial charge in [0, 0.05) is 11.6 Å². The summed E-state index contributed by atoms with van der Waals surface area (Å²) in [5, 5.41) is 3.72. The van der Waals surface area contributed by atoms with Crippen LogP contribution in [0.2, 0.25) is 5.02 Å². The Hall–Kier alpha value is -1.87. The van der Waals surface area contributed by atoms with Crippen LogP contribution < -0.4 is 5.32 Å². The second-order valence-electron chi connectivity index (χ2n) is 6.46. The molecule has 0 radical (unpaired) electrons. The highest BCUT2D eigenvalue weighted by atomic mass is 35.5. The molecule has 0 saturated heterocycles. The van der Waals surface area contributed by atoms with E-state index in [2.05, 4.69) is 5.32 Å². The quantitative estimate of drug-likeness (QED) is 0.830. The molecule has 1 fully saturated rings. The Labute approximate surface area is 147 Å². The summed E-state index contributed by atoms with van der Waals surface area (Å²) in [6.45, 7) is 0.411. The smallest absolute Gasteiger partial charge is 0.230 e. The molecule has 0 aliphatic heterocycles. The molecule has 4 heteroatoms. The molecule has 0 unspecified atom stereocenters. The van der Waals surface area contributed by atoms with Crippen molar-refractivity contribution >= 4 is 17.5 Å². The first-order chi connectivity index (χ1) is 11.6. The number of carbonyl (C=O) groups is 1. The second kappa shape index (κ2) is 7.35. The largest absolute Gasteiger partial charge is 0.351 e. The molecule has 1 saturated carbocycles. The number of halogens is 2. The van der Waals surface area contributed by atoms with Crippen LogP contribution in [0.4, 0.5) is 4.39 Å². The molecular formula is C20H21ClFNO. The van der Waals surface area contributed by atoms with Crippen LogP contribution in [0, 0.1) is 5.82 Å². The molecule has 1 N–H and O–H groups in total. The molecule has 2 aromatic rings. The first kappa shape index (κ1) is 17.0. The van der Waals surface area contributed by atoms with E-state index in [0.717, 1.165) is 36.8 Å². The number of hydrogen-bond acceptors (Lipinski definition) is 1. The average Bonchev–Trinajstić information content (AvgIpc) is 2.62. The molecule has 0 aromatic heterocycles. The lowest BCUT2D eigenvalue weighted by molar-refractivity contribution is -0.128. The van der Waals surface area contributed by atoms with Crippen molar-refractivity contribution in [2.45, 2.75) is 44.1 Å². The van der Waals surface area contributed by atoms with Crippen molar-refractivity contribution in [1.82, 2.24) is 5.32 Å². The van der Waals surface area contributed by atoms with Crippen molar-refractivity contribution in [2.24, 2.45) is 0 Å². The third-order valence-corrected chi connectivity index (χ3v) is 5.16. The van der Waals surface area contributed by atoms with E-state index in [1.54, 1.807) is 12.1 Å². The maximum atomic E-state index is 13.0. The van der Waals surface area contributed by atoms with E-state index in [1.807, 2.05) is 24.3 Å². The zero-order chi connectivity index (χ0) is 17.0. The van der Waals surface area contributed by atoms with Gasteiger partial charge in [-0.1, -0.05) is 55.1 Å². The molecule has 0 heterocycles. The van der Waals surface area contributed by atoms with E-state index in [-0.39, 0.29) is 11.7 Å². The summed E-state index contributed by atoms with van der Waals surface area (Å²) in [6.07, 6.45) is 4.97. The third kappa shape index (κ3) is 3.62. The summed E-state index contributed by atoms with van der Waals surface area (Å²) in [5.41, 5.74) is 1.44. The van der Waals surface area contributed by atoms with Gasteiger partial charge >= 0.3 is 0 Å². The Morgan fingerprint density at radius 2 is 1.62 bits per heavy atom. The molecule has 1 aliphatic carbocycles. The van der Waals surface area contributed by atoms with E-state index < -0.39 is 5.41 Å². The Balaban J connectivity index is 1.78. The van der Waals surface area contributed by atoms with Gasteiger partial charge in [-0.05, 0) is 48.2 Å². The molecule has 1 amide bonds. The average molecular weight is 346 g/mol. The molecule has 2 aromatic carbocycles. The fraction of sp³-hybridized carbons (Fsp3) is 0.350. The maximum absolute atomic E-state index is 13.0. The second-order valence-corrected chi connectivity index (χ2v) is 6.90. The minimum Gasteiger partial charge on any atom is -0.351 e. The van der Waals surface area contributed by atoms with Crippen LogP contribution in [-0.2, 0) is 16.8 Å². The van der Waals surface area contributed by atoms with Crippen molar-refractivity contribution in [3.63, 3.8) is 0 Å². The Kier molecular flexibility index (Phi) is 5.20. The van der Waals surface area contributed by atoms with Crippen molar-refractivity contribution in [2.75, 3.05) is 0 Å². The van der Waals surface area contributed by atoms with Gasteiger partial charge in [-0.2, -0.15) is 0 Å². The first-order valence-electron chi connectivity index (χ1n) is 8.39. The monoisotopic (exact) mass is 345 g/mol. The normalized spacial score (nSPS) is 16.6. The molecule has 0 spiro atoms. The van der Waals surface area contributed by atoms with Gasteiger partial charge in [0.1, 0.15) is 5.82 Å². The Bertz CT molecular complexity index is 691. The standard InChI is InChI=1S/C20H21ClFNO/c21-17-8-6-16(7-9-17)20(12-2-1-3-13-20)19(24)23-14-15-4-10-18(22)11-5-15/h4-11H,1-3,12-14H2,(H,23,24). The van der Waals surface area contributed by atoms with E-state index >= 15 is 0 Å². The number of rotatable bonds is 4. The molecule has 3 rings (SSSR count). The molecular weight excluding hydrogens is 325 g/mol. The van der Waals surface area contributed by atoms with Crippen LogP contribution in [0.1, 0.15) is 43.2 Å². The summed E-state index contributed by atoms with van der Waals surface area (Å²) in [4.78, 5) is 13.0. The zero-order valence-corrected chi connectivity index (χ0v) is 14.3. The molecule has 2 nitrogen and oxygen atoms in total. The van der Waals surface area contributed by atoms with Crippen LogP contribution in [0.5, 0.6) is 0 Å². The van der Waals surface area contributed by atoms with Crippen molar-refractivity contribution < 1.29 is 9.18 Å². The predicted molar refractivity (Wildman–Crippen MR) is 94.5 cm³/mol. The van der Waals surface area contributed by atoms with Crippen molar-refractivity contribution in [3.05, 3.63) is 70.5 Å². The van der Waals surface area contributed by atoms with Gasteiger partial charge in [0.05, 0.1) is 5.41 Å². The Morgan fingerprint density at radius 1 is 1.00 bits per heavy atom. The van der Waals surface area contributed by atoms with Gasteiger partial charge in [0.25, 0.3) is 0 Å². The minimum absolute atomic E-state index is 0.0499. The van der Waals surface area contributed by atoms with Gasteiger partial charge in [-0.15, -0.1) is 0 Å². The molecule has 24 heavy (non-hydrogen) atoms. The highest BCUT2D eigenvalue weighted by Crippen LogP contribution is 2.40. The fourth-order valence-corrected chi connectivity index (χ4v) is 3.65. The fourth-order valence-electron chi connectivity index (χ4n) is 3.52. The first-order valence-corrected chi connectivity index (χ1v) is 8.77. The molecule has 126 valence electrons. The van der Waals surface area contributed by atoms with Crippen LogP contribution in [0.3, 0.4) is 0 Å². The maximum Gasteiger partial charge on any atom is 0.230 e. The van der Waals surface area contributed by atoms with E-state index in [1.165, 1.54) is 18.6 Å². The van der Waals surface area contributed by atoms with Gasteiger partial charge in [0.2, 0.25) is 5.91 Å². The SMILES string of the molecule is O=C(NCc1ccc(F)cc1)C1(c2ccc(Cl)cc2)CCCCC1. The van der Waals surface area contributed by atoms with Gasteiger partial charge in [0.15, 0.2) is 0 Å². The van der Waals surface area contributed by atoms with Crippen molar-refractivity contribution in [3.8, 4) is 0 Å². The summed E-state index contributed by atoms with van der Waals surface area (Å²) in [7, 11) is 0. The van der Waals surface area contributed by atoms with Crippen molar-refractivity contribution in [1.29, 1.82) is 0 Å². The Morgan fingerprint density at radius 3 is 2.25 bits per heavy atom. The van der Waals surface area contributed by atoms with Crippen LogP contribution >= 0.6 is 11.6 Å². The molecule has 1 aliphatic rings.